The molecule has 0 bridgehead atoms. The molecule has 1 saturated heterocycles. The van der Waals surface area contributed by atoms with Crippen LogP contribution in [0.25, 0.3) is 0 Å². The third kappa shape index (κ3) is 1.62. The van der Waals surface area contributed by atoms with Gasteiger partial charge in [-0.15, -0.1) is 0 Å². The maximum Gasteiger partial charge on any atom is 0.257 e. The number of hydrogen-bond donors (Lipinski definition) is 0. The lowest BCUT2D eigenvalue weighted by atomic mass is 10.3. The monoisotopic (exact) mass is 197 g/mol. The summed E-state index contributed by atoms with van der Waals surface area (Å²) in [5, 5.41) is 3.90. The zero-order valence-electron chi connectivity index (χ0n) is 7.98. The number of amides is 1. The Morgan fingerprint density at radius 1 is 1.71 bits per heavy atom. The lowest BCUT2D eigenvalue weighted by molar-refractivity contribution is 0.0783. The van der Waals surface area contributed by atoms with Gasteiger partial charge in [-0.25, -0.2) is 4.39 Å². The summed E-state index contributed by atoms with van der Waals surface area (Å²) in [6.07, 6.45) is 2.74. The highest BCUT2D eigenvalue weighted by atomic mass is 19.1. The summed E-state index contributed by atoms with van der Waals surface area (Å²) in [6.45, 7) is 0.725. The third-order valence-corrected chi connectivity index (χ3v) is 2.37. The third-order valence-electron chi connectivity index (χ3n) is 2.37. The number of aryl methyl sites for hydroxylation is 1. The second-order valence-electron chi connectivity index (χ2n) is 3.54. The lowest BCUT2D eigenvalue weighted by Crippen LogP contribution is -2.28. The molecule has 0 N–H and O–H groups in total. The zero-order valence-corrected chi connectivity index (χ0v) is 7.98. The van der Waals surface area contributed by atoms with Crippen molar-refractivity contribution in [2.24, 2.45) is 7.05 Å². The number of aromatic nitrogens is 2. The fourth-order valence-electron chi connectivity index (χ4n) is 1.62. The summed E-state index contributed by atoms with van der Waals surface area (Å²) < 4.78 is 14.4. The SMILES string of the molecule is Cn1cc(C(=O)N2CCC(F)C2)cn1. The smallest absolute Gasteiger partial charge is 0.257 e. The van der Waals surface area contributed by atoms with Crippen LogP contribution >= 0.6 is 0 Å². The van der Waals surface area contributed by atoms with Crippen molar-refractivity contribution in [3.63, 3.8) is 0 Å². The Morgan fingerprint density at radius 2 is 2.50 bits per heavy atom. The summed E-state index contributed by atoms with van der Waals surface area (Å²) in [6, 6.07) is 0. The number of rotatable bonds is 1. The van der Waals surface area contributed by atoms with E-state index >= 15 is 0 Å². The molecule has 1 aromatic heterocycles. The van der Waals surface area contributed by atoms with E-state index in [1.807, 2.05) is 0 Å². The van der Waals surface area contributed by atoms with E-state index in [2.05, 4.69) is 5.10 Å². The zero-order chi connectivity index (χ0) is 10.1. The van der Waals surface area contributed by atoms with Gasteiger partial charge in [0.1, 0.15) is 6.17 Å². The number of likely N-dealkylation sites (tertiary alicyclic amines) is 1. The molecule has 2 rings (SSSR count). The van der Waals surface area contributed by atoms with Crippen molar-refractivity contribution in [2.75, 3.05) is 13.1 Å². The number of carbonyl (C=O) groups excluding carboxylic acids is 1. The van der Waals surface area contributed by atoms with Crippen LogP contribution in [-0.4, -0.2) is 39.8 Å². The summed E-state index contributed by atoms with van der Waals surface area (Å²) in [4.78, 5) is 13.2. The van der Waals surface area contributed by atoms with Gasteiger partial charge in [-0.05, 0) is 6.42 Å². The van der Waals surface area contributed by atoms with E-state index in [-0.39, 0.29) is 12.5 Å². The van der Waals surface area contributed by atoms with E-state index in [0.29, 0.717) is 18.5 Å². The van der Waals surface area contributed by atoms with Gasteiger partial charge in [-0.1, -0.05) is 0 Å². The molecule has 1 fully saturated rings. The van der Waals surface area contributed by atoms with Gasteiger partial charge in [0.05, 0.1) is 18.3 Å². The first-order chi connectivity index (χ1) is 6.66. The average molecular weight is 197 g/mol. The second-order valence-corrected chi connectivity index (χ2v) is 3.54. The van der Waals surface area contributed by atoms with Crippen molar-refractivity contribution < 1.29 is 9.18 Å². The van der Waals surface area contributed by atoms with E-state index in [0.717, 1.165) is 0 Å². The van der Waals surface area contributed by atoms with E-state index in [1.165, 1.54) is 11.1 Å². The fourth-order valence-corrected chi connectivity index (χ4v) is 1.62. The van der Waals surface area contributed by atoms with Crippen molar-refractivity contribution >= 4 is 5.91 Å². The molecule has 76 valence electrons. The molecule has 0 aromatic carbocycles. The molecular weight excluding hydrogens is 185 g/mol. The summed E-state index contributed by atoms with van der Waals surface area (Å²) in [7, 11) is 1.75. The molecule has 2 heterocycles. The standard InChI is InChI=1S/C9H12FN3O/c1-12-5-7(4-11-12)9(14)13-3-2-8(10)6-13/h4-5,8H,2-3,6H2,1H3. The van der Waals surface area contributed by atoms with Gasteiger partial charge in [0.25, 0.3) is 5.91 Å². The fraction of sp³-hybridized carbons (Fsp3) is 0.556. The van der Waals surface area contributed by atoms with Crippen LogP contribution in [0.4, 0.5) is 4.39 Å². The first-order valence-electron chi connectivity index (χ1n) is 4.59. The number of nitrogens with zero attached hydrogens (tertiary/aromatic N) is 3. The van der Waals surface area contributed by atoms with Crippen LogP contribution in [0.3, 0.4) is 0 Å². The van der Waals surface area contributed by atoms with E-state index in [4.69, 9.17) is 0 Å². The van der Waals surface area contributed by atoms with Crippen molar-refractivity contribution in [3.8, 4) is 0 Å². The molecule has 0 spiro atoms. The molecule has 4 nitrogen and oxygen atoms in total. The Hall–Kier alpha value is -1.39. The molecule has 14 heavy (non-hydrogen) atoms. The topological polar surface area (TPSA) is 38.1 Å². The van der Waals surface area contributed by atoms with E-state index in [9.17, 15) is 9.18 Å². The van der Waals surface area contributed by atoms with Crippen molar-refractivity contribution in [2.45, 2.75) is 12.6 Å². The predicted octanol–water partition coefficient (Wildman–Crippen LogP) is 0.604. The molecule has 0 saturated carbocycles. The highest BCUT2D eigenvalue weighted by molar-refractivity contribution is 5.93. The minimum Gasteiger partial charge on any atom is -0.336 e. The first kappa shape index (κ1) is 9.18. The maximum absolute atomic E-state index is 12.8. The van der Waals surface area contributed by atoms with E-state index in [1.54, 1.807) is 17.9 Å². The van der Waals surface area contributed by atoms with Gasteiger partial charge in [0, 0.05) is 19.8 Å². The molecule has 1 amide bonds. The molecule has 1 aliphatic rings. The minimum absolute atomic E-state index is 0.127. The van der Waals surface area contributed by atoms with Gasteiger partial charge in [-0.3, -0.25) is 9.48 Å². The largest absolute Gasteiger partial charge is 0.336 e. The highest BCUT2D eigenvalue weighted by Crippen LogP contribution is 2.15. The van der Waals surface area contributed by atoms with Crippen molar-refractivity contribution in [1.29, 1.82) is 0 Å². The van der Waals surface area contributed by atoms with Crippen molar-refractivity contribution in [3.05, 3.63) is 18.0 Å². The number of halogens is 1. The Kier molecular flexibility index (Phi) is 2.23. The summed E-state index contributed by atoms with van der Waals surface area (Å²) in [5.41, 5.74) is 0.529. The normalized spacial score (nSPS) is 21.6. The summed E-state index contributed by atoms with van der Waals surface area (Å²) in [5.74, 6) is -0.127. The molecular formula is C9H12FN3O. The Balaban J connectivity index is 2.09. The number of carbonyl (C=O) groups is 1. The van der Waals surface area contributed by atoms with Crippen LogP contribution in [0.15, 0.2) is 12.4 Å². The molecule has 0 aliphatic carbocycles. The molecule has 1 aromatic rings. The van der Waals surface area contributed by atoms with E-state index < -0.39 is 6.17 Å². The molecule has 5 heteroatoms. The number of alkyl halides is 1. The van der Waals surface area contributed by atoms with Gasteiger partial charge < -0.3 is 4.90 Å². The predicted molar refractivity (Wildman–Crippen MR) is 48.6 cm³/mol. The summed E-state index contributed by atoms with van der Waals surface area (Å²) >= 11 is 0. The van der Waals surface area contributed by atoms with Crippen LogP contribution in [0, 0.1) is 0 Å². The molecule has 1 unspecified atom stereocenters. The Morgan fingerprint density at radius 3 is 3.00 bits per heavy atom. The molecule has 0 radical (unpaired) electrons. The first-order valence-corrected chi connectivity index (χ1v) is 4.59. The second kappa shape index (κ2) is 3.40. The Bertz CT molecular complexity index is 350. The lowest BCUT2D eigenvalue weighted by Gasteiger charge is -2.13. The number of hydrogen-bond acceptors (Lipinski definition) is 2. The van der Waals surface area contributed by atoms with Crippen LogP contribution in [0.5, 0.6) is 0 Å². The van der Waals surface area contributed by atoms with Gasteiger partial charge in [0.15, 0.2) is 0 Å². The van der Waals surface area contributed by atoms with Gasteiger partial charge in [-0.2, -0.15) is 5.10 Å². The average Bonchev–Trinajstić information content (AvgIpc) is 2.73. The van der Waals surface area contributed by atoms with Gasteiger partial charge in [0.2, 0.25) is 0 Å². The minimum atomic E-state index is -0.865. The van der Waals surface area contributed by atoms with Crippen LogP contribution in [0.1, 0.15) is 16.8 Å². The van der Waals surface area contributed by atoms with Gasteiger partial charge >= 0.3 is 0 Å². The molecule has 1 aliphatic heterocycles. The van der Waals surface area contributed by atoms with Crippen molar-refractivity contribution in [1.82, 2.24) is 14.7 Å². The highest BCUT2D eigenvalue weighted by Gasteiger charge is 2.26. The maximum atomic E-state index is 12.8. The Labute approximate surface area is 81.3 Å². The van der Waals surface area contributed by atoms with Crippen LogP contribution < -0.4 is 0 Å². The van der Waals surface area contributed by atoms with Crippen LogP contribution in [-0.2, 0) is 7.05 Å². The quantitative estimate of drug-likeness (QED) is 0.661. The molecule has 1 atom stereocenters. The van der Waals surface area contributed by atoms with Crippen LogP contribution in [0.2, 0.25) is 0 Å².